The SMILES string of the molecule is CC(C)(C)OC(=O)NNCC1(CO)CC1. The Balaban J connectivity index is 2.12. The molecule has 0 aliphatic heterocycles. The van der Waals surface area contributed by atoms with Crippen molar-refractivity contribution in [3.8, 4) is 0 Å². The Morgan fingerprint density at radius 3 is 2.47 bits per heavy atom. The zero-order valence-corrected chi connectivity index (χ0v) is 9.59. The molecule has 1 saturated carbocycles. The minimum atomic E-state index is -0.490. The van der Waals surface area contributed by atoms with Crippen molar-refractivity contribution < 1.29 is 14.6 Å². The molecule has 0 spiro atoms. The highest BCUT2D eigenvalue weighted by Crippen LogP contribution is 2.44. The fourth-order valence-corrected chi connectivity index (χ4v) is 1.18. The molecule has 0 atom stereocenters. The second kappa shape index (κ2) is 4.37. The van der Waals surface area contributed by atoms with E-state index in [0.717, 1.165) is 12.8 Å². The maximum Gasteiger partial charge on any atom is 0.422 e. The van der Waals surface area contributed by atoms with Gasteiger partial charge in [-0.05, 0) is 33.6 Å². The summed E-state index contributed by atoms with van der Waals surface area (Å²) in [7, 11) is 0. The van der Waals surface area contributed by atoms with Crippen LogP contribution in [0.1, 0.15) is 33.6 Å². The number of hydrogen-bond donors (Lipinski definition) is 3. The fraction of sp³-hybridized carbons (Fsp3) is 0.900. The summed E-state index contributed by atoms with van der Waals surface area (Å²) in [5.41, 5.74) is 4.72. The quantitative estimate of drug-likeness (QED) is 0.608. The molecule has 5 heteroatoms. The molecule has 1 aliphatic rings. The molecular weight excluding hydrogens is 196 g/mol. The van der Waals surface area contributed by atoms with Crippen LogP contribution in [0.15, 0.2) is 0 Å². The van der Waals surface area contributed by atoms with Crippen molar-refractivity contribution in [1.29, 1.82) is 0 Å². The Hall–Kier alpha value is -0.810. The maximum atomic E-state index is 11.2. The number of aliphatic hydroxyl groups excluding tert-OH is 1. The van der Waals surface area contributed by atoms with Crippen molar-refractivity contribution in [2.24, 2.45) is 5.41 Å². The van der Waals surface area contributed by atoms with Crippen molar-refractivity contribution in [2.45, 2.75) is 39.2 Å². The largest absolute Gasteiger partial charge is 0.443 e. The van der Waals surface area contributed by atoms with Gasteiger partial charge in [-0.25, -0.2) is 10.2 Å². The van der Waals surface area contributed by atoms with Crippen LogP contribution in [0, 0.1) is 5.41 Å². The first-order valence-corrected chi connectivity index (χ1v) is 5.20. The molecular formula is C10H20N2O3. The lowest BCUT2D eigenvalue weighted by Crippen LogP contribution is -2.44. The van der Waals surface area contributed by atoms with E-state index < -0.39 is 11.7 Å². The van der Waals surface area contributed by atoms with Gasteiger partial charge in [0, 0.05) is 18.6 Å². The van der Waals surface area contributed by atoms with Crippen LogP contribution in [0.5, 0.6) is 0 Å². The first-order chi connectivity index (χ1) is 6.87. The standard InChI is InChI=1S/C10H20N2O3/c1-9(2,3)15-8(14)12-11-6-10(7-13)4-5-10/h11,13H,4-7H2,1-3H3,(H,12,14). The number of nitrogens with one attached hydrogen (secondary N) is 2. The van der Waals surface area contributed by atoms with Crippen LogP contribution in [0.2, 0.25) is 0 Å². The molecule has 1 aliphatic carbocycles. The van der Waals surface area contributed by atoms with Crippen LogP contribution < -0.4 is 10.9 Å². The van der Waals surface area contributed by atoms with E-state index >= 15 is 0 Å². The van der Waals surface area contributed by atoms with Crippen LogP contribution in [0.3, 0.4) is 0 Å². The minimum Gasteiger partial charge on any atom is -0.443 e. The van der Waals surface area contributed by atoms with Gasteiger partial charge in [0.2, 0.25) is 0 Å². The highest BCUT2D eigenvalue weighted by atomic mass is 16.6. The second-order valence-electron chi connectivity index (χ2n) is 5.14. The number of ether oxygens (including phenoxy) is 1. The molecule has 1 amide bonds. The molecule has 15 heavy (non-hydrogen) atoms. The van der Waals surface area contributed by atoms with Gasteiger partial charge >= 0.3 is 6.09 Å². The first-order valence-electron chi connectivity index (χ1n) is 5.20. The molecule has 1 fully saturated rings. The van der Waals surface area contributed by atoms with Gasteiger partial charge in [-0.3, -0.25) is 5.43 Å². The van der Waals surface area contributed by atoms with Gasteiger partial charge in [-0.2, -0.15) is 0 Å². The molecule has 0 bridgehead atoms. The van der Waals surface area contributed by atoms with E-state index in [0.29, 0.717) is 6.54 Å². The monoisotopic (exact) mass is 216 g/mol. The van der Waals surface area contributed by atoms with E-state index in [9.17, 15) is 4.79 Å². The molecule has 5 nitrogen and oxygen atoms in total. The average Bonchev–Trinajstić information content (AvgIpc) is 2.82. The fourth-order valence-electron chi connectivity index (χ4n) is 1.18. The number of carbonyl (C=O) groups is 1. The molecule has 1 rings (SSSR count). The molecule has 0 aromatic carbocycles. The van der Waals surface area contributed by atoms with Gasteiger partial charge in [-0.15, -0.1) is 0 Å². The van der Waals surface area contributed by atoms with Crippen LogP contribution >= 0.6 is 0 Å². The van der Waals surface area contributed by atoms with Crippen LogP contribution in [-0.2, 0) is 4.74 Å². The van der Waals surface area contributed by atoms with Crippen molar-refractivity contribution in [3.63, 3.8) is 0 Å². The predicted octanol–water partition coefficient (Wildman–Crippen LogP) is 0.788. The third-order valence-electron chi connectivity index (χ3n) is 2.35. The smallest absolute Gasteiger partial charge is 0.422 e. The predicted molar refractivity (Wildman–Crippen MR) is 56.1 cm³/mol. The van der Waals surface area contributed by atoms with E-state index in [1.54, 1.807) is 0 Å². The topological polar surface area (TPSA) is 70.6 Å². The lowest BCUT2D eigenvalue weighted by Gasteiger charge is -2.20. The maximum absolute atomic E-state index is 11.2. The molecule has 0 radical (unpaired) electrons. The lowest BCUT2D eigenvalue weighted by molar-refractivity contribution is 0.0489. The average molecular weight is 216 g/mol. The van der Waals surface area contributed by atoms with Gasteiger partial charge < -0.3 is 9.84 Å². The summed E-state index contributed by atoms with van der Waals surface area (Å²) in [5, 5.41) is 9.02. The van der Waals surface area contributed by atoms with E-state index in [4.69, 9.17) is 9.84 Å². The Kier molecular flexibility index (Phi) is 3.57. The Labute approximate surface area is 90.2 Å². The third kappa shape index (κ3) is 4.48. The molecule has 88 valence electrons. The summed E-state index contributed by atoms with van der Waals surface area (Å²) in [6.07, 6.45) is 1.52. The molecule has 3 N–H and O–H groups in total. The third-order valence-corrected chi connectivity index (χ3v) is 2.35. The van der Waals surface area contributed by atoms with E-state index in [1.165, 1.54) is 0 Å². The molecule has 0 aromatic rings. The number of hydrogen-bond acceptors (Lipinski definition) is 4. The second-order valence-corrected chi connectivity index (χ2v) is 5.14. The van der Waals surface area contributed by atoms with E-state index in [2.05, 4.69) is 10.9 Å². The summed E-state index contributed by atoms with van der Waals surface area (Å²) in [5.74, 6) is 0. The molecule has 0 saturated heterocycles. The molecule has 0 aromatic heterocycles. The van der Waals surface area contributed by atoms with Gasteiger partial charge in [0.05, 0.1) is 0 Å². The normalized spacial score (nSPS) is 18.4. The van der Waals surface area contributed by atoms with Gasteiger partial charge in [0.25, 0.3) is 0 Å². The van der Waals surface area contributed by atoms with Gasteiger partial charge in [0.1, 0.15) is 5.60 Å². The summed E-state index contributed by atoms with van der Waals surface area (Å²) in [6, 6.07) is 0. The van der Waals surface area contributed by atoms with Crippen molar-refractivity contribution in [1.82, 2.24) is 10.9 Å². The minimum absolute atomic E-state index is 0.0188. The van der Waals surface area contributed by atoms with Gasteiger partial charge in [0.15, 0.2) is 0 Å². The molecule has 0 unspecified atom stereocenters. The van der Waals surface area contributed by atoms with Crippen molar-refractivity contribution in [2.75, 3.05) is 13.2 Å². The number of carbonyl (C=O) groups excluding carboxylic acids is 1. The zero-order chi connectivity index (χ0) is 11.5. The van der Waals surface area contributed by atoms with E-state index in [1.807, 2.05) is 20.8 Å². The summed E-state index contributed by atoms with van der Waals surface area (Å²) in [6.45, 7) is 6.17. The summed E-state index contributed by atoms with van der Waals surface area (Å²) < 4.78 is 5.03. The summed E-state index contributed by atoms with van der Waals surface area (Å²) >= 11 is 0. The number of aliphatic hydroxyl groups is 1. The van der Waals surface area contributed by atoms with E-state index in [-0.39, 0.29) is 12.0 Å². The highest BCUT2D eigenvalue weighted by molar-refractivity contribution is 5.66. The lowest BCUT2D eigenvalue weighted by atomic mass is 10.1. The van der Waals surface area contributed by atoms with Crippen LogP contribution in [-0.4, -0.2) is 30.0 Å². The Morgan fingerprint density at radius 2 is 2.07 bits per heavy atom. The van der Waals surface area contributed by atoms with Crippen molar-refractivity contribution in [3.05, 3.63) is 0 Å². The van der Waals surface area contributed by atoms with Gasteiger partial charge in [-0.1, -0.05) is 0 Å². The number of amides is 1. The van der Waals surface area contributed by atoms with Crippen LogP contribution in [0.4, 0.5) is 4.79 Å². The summed E-state index contributed by atoms with van der Waals surface area (Å²) in [4.78, 5) is 11.2. The van der Waals surface area contributed by atoms with Crippen LogP contribution in [0.25, 0.3) is 0 Å². The van der Waals surface area contributed by atoms with Crippen molar-refractivity contribution >= 4 is 6.09 Å². The first kappa shape index (κ1) is 12.3. The number of rotatable bonds is 4. The Bertz CT molecular complexity index is 231. The zero-order valence-electron chi connectivity index (χ0n) is 9.59. The highest BCUT2D eigenvalue weighted by Gasteiger charge is 2.41. The molecule has 0 heterocycles. The number of hydrazine groups is 1. The Morgan fingerprint density at radius 1 is 1.47 bits per heavy atom.